The van der Waals surface area contributed by atoms with Crippen molar-refractivity contribution in [3.63, 3.8) is 0 Å². The van der Waals surface area contributed by atoms with Crippen LogP contribution in [0, 0.1) is 6.92 Å². The van der Waals surface area contributed by atoms with Gasteiger partial charge >= 0.3 is 0 Å². The molecule has 118 valence electrons. The summed E-state index contributed by atoms with van der Waals surface area (Å²) >= 11 is 0. The number of rotatable bonds is 4. The molecule has 24 heavy (non-hydrogen) atoms. The van der Waals surface area contributed by atoms with E-state index in [0.717, 1.165) is 34.0 Å². The largest absolute Gasteiger partial charge is 0.468 e. The van der Waals surface area contributed by atoms with E-state index in [1.807, 2.05) is 48.5 Å². The average molecular weight is 314 g/mol. The number of hydrogen-bond acceptors (Lipinski definition) is 2. The minimum Gasteiger partial charge on any atom is -0.468 e. The molecule has 2 aromatic carbocycles. The molecule has 4 rings (SSSR count). The highest BCUT2D eigenvalue weighted by atomic mass is 16.4. The summed E-state index contributed by atoms with van der Waals surface area (Å²) in [7, 11) is 0. The van der Waals surface area contributed by atoms with Gasteiger partial charge < -0.3 is 8.83 Å². The van der Waals surface area contributed by atoms with Crippen molar-refractivity contribution < 1.29 is 8.83 Å². The first-order valence-electron chi connectivity index (χ1n) is 8.07. The first kappa shape index (κ1) is 14.6. The molecule has 2 heterocycles. The van der Waals surface area contributed by atoms with Crippen molar-refractivity contribution >= 4 is 0 Å². The molecule has 1 atom stereocenters. The van der Waals surface area contributed by atoms with Gasteiger partial charge in [0.05, 0.1) is 6.26 Å². The summed E-state index contributed by atoms with van der Waals surface area (Å²) in [5, 5.41) is 0. The maximum absolute atomic E-state index is 6.28. The minimum absolute atomic E-state index is 0.0429. The van der Waals surface area contributed by atoms with Crippen LogP contribution in [-0.2, 0) is 0 Å². The summed E-state index contributed by atoms with van der Waals surface area (Å²) in [5.41, 5.74) is 3.36. The SMILES string of the molecule is Cc1cc(-c2ccccc2)oc1C(c1ccccc1)c1ccco1. The van der Waals surface area contributed by atoms with Crippen molar-refractivity contribution in [2.45, 2.75) is 12.8 Å². The molecule has 0 aliphatic carbocycles. The Labute approximate surface area is 141 Å². The second kappa shape index (κ2) is 6.25. The van der Waals surface area contributed by atoms with Crippen molar-refractivity contribution in [2.75, 3.05) is 0 Å². The number of furan rings is 2. The summed E-state index contributed by atoms with van der Waals surface area (Å²) < 4.78 is 12.0. The van der Waals surface area contributed by atoms with Gasteiger partial charge in [-0.15, -0.1) is 0 Å². The highest BCUT2D eigenvalue weighted by Gasteiger charge is 2.25. The summed E-state index contributed by atoms with van der Waals surface area (Å²) in [6.45, 7) is 2.09. The third-order valence-corrected chi connectivity index (χ3v) is 4.24. The lowest BCUT2D eigenvalue weighted by molar-refractivity contribution is 0.453. The van der Waals surface area contributed by atoms with Crippen LogP contribution < -0.4 is 0 Å². The predicted octanol–water partition coefficient (Wildman–Crippen LogP) is 6.03. The lowest BCUT2D eigenvalue weighted by Crippen LogP contribution is -2.02. The maximum atomic E-state index is 6.28. The molecule has 0 N–H and O–H groups in total. The Morgan fingerprint density at radius 1 is 0.792 bits per heavy atom. The van der Waals surface area contributed by atoms with Crippen LogP contribution in [0.4, 0.5) is 0 Å². The maximum Gasteiger partial charge on any atom is 0.134 e. The predicted molar refractivity (Wildman–Crippen MR) is 95.0 cm³/mol. The van der Waals surface area contributed by atoms with Gasteiger partial charge in [0.15, 0.2) is 0 Å². The molecule has 0 bridgehead atoms. The van der Waals surface area contributed by atoms with Crippen LogP contribution in [-0.4, -0.2) is 0 Å². The Hall–Kier alpha value is -3.00. The fourth-order valence-electron chi connectivity index (χ4n) is 3.07. The van der Waals surface area contributed by atoms with Crippen molar-refractivity contribution in [3.05, 3.63) is 108 Å². The topological polar surface area (TPSA) is 26.3 Å². The van der Waals surface area contributed by atoms with E-state index in [-0.39, 0.29) is 5.92 Å². The molecule has 0 spiro atoms. The van der Waals surface area contributed by atoms with Crippen molar-refractivity contribution in [1.82, 2.24) is 0 Å². The molecule has 0 saturated heterocycles. The third kappa shape index (κ3) is 2.67. The van der Waals surface area contributed by atoms with E-state index in [4.69, 9.17) is 8.83 Å². The Morgan fingerprint density at radius 3 is 2.17 bits per heavy atom. The molecule has 0 aliphatic heterocycles. The van der Waals surface area contributed by atoms with Gasteiger partial charge in [0.25, 0.3) is 0 Å². The van der Waals surface area contributed by atoms with E-state index >= 15 is 0 Å². The first-order chi connectivity index (χ1) is 11.8. The van der Waals surface area contributed by atoms with Crippen LogP contribution in [0.3, 0.4) is 0 Å². The molecular weight excluding hydrogens is 296 g/mol. The Morgan fingerprint density at radius 2 is 1.50 bits per heavy atom. The zero-order valence-electron chi connectivity index (χ0n) is 13.5. The number of hydrogen-bond donors (Lipinski definition) is 0. The molecule has 0 radical (unpaired) electrons. The quantitative estimate of drug-likeness (QED) is 0.460. The second-order valence-electron chi connectivity index (χ2n) is 5.88. The zero-order chi connectivity index (χ0) is 16.4. The summed E-state index contributed by atoms with van der Waals surface area (Å²) in [4.78, 5) is 0. The Bertz CT molecular complexity index is 903. The monoisotopic (exact) mass is 314 g/mol. The molecule has 1 unspecified atom stereocenters. The molecule has 0 fully saturated rings. The smallest absolute Gasteiger partial charge is 0.134 e. The minimum atomic E-state index is -0.0429. The fourth-order valence-corrected chi connectivity index (χ4v) is 3.07. The number of benzene rings is 2. The molecular formula is C22H18O2. The molecule has 2 nitrogen and oxygen atoms in total. The van der Waals surface area contributed by atoms with Crippen LogP contribution in [0.25, 0.3) is 11.3 Å². The fraction of sp³-hybridized carbons (Fsp3) is 0.0909. The van der Waals surface area contributed by atoms with Gasteiger partial charge in [-0.05, 0) is 36.2 Å². The lowest BCUT2D eigenvalue weighted by Gasteiger charge is -2.14. The van der Waals surface area contributed by atoms with Crippen molar-refractivity contribution in [2.24, 2.45) is 0 Å². The van der Waals surface area contributed by atoms with Crippen LogP contribution >= 0.6 is 0 Å². The van der Waals surface area contributed by atoms with Gasteiger partial charge in [-0.1, -0.05) is 60.7 Å². The number of aryl methyl sites for hydroxylation is 1. The first-order valence-corrected chi connectivity index (χ1v) is 8.07. The molecule has 0 saturated carbocycles. The van der Waals surface area contributed by atoms with Crippen LogP contribution in [0.1, 0.15) is 28.6 Å². The average Bonchev–Trinajstić information content (AvgIpc) is 3.28. The summed E-state index contributed by atoms with van der Waals surface area (Å²) in [6.07, 6.45) is 1.71. The highest BCUT2D eigenvalue weighted by Crippen LogP contribution is 2.37. The lowest BCUT2D eigenvalue weighted by atomic mass is 9.92. The van der Waals surface area contributed by atoms with Crippen LogP contribution in [0.2, 0.25) is 0 Å². The second-order valence-corrected chi connectivity index (χ2v) is 5.88. The highest BCUT2D eigenvalue weighted by molar-refractivity contribution is 5.59. The van der Waals surface area contributed by atoms with Crippen molar-refractivity contribution in [1.29, 1.82) is 0 Å². The Kier molecular flexibility index (Phi) is 3.80. The van der Waals surface area contributed by atoms with Gasteiger partial charge in [-0.2, -0.15) is 0 Å². The standard InChI is InChI=1S/C22H18O2/c1-16-15-20(17-9-4-2-5-10-17)24-22(16)21(19-13-8-14-23-19)18-11-6-3-7-12-18/h2-15,21H,1H3. The Balaban J connectivity index is 1.84. The zero-order valence-corrected chi connectivity index (χ0v) is 13.5. The summed E-state index contributed by atoms with van der Waals surface area (Å²) in [6, 6.07) is 26.5. The normalized spacial score (nSPS) is 12.2. The van der Waals surface area contributed by atoms with Crippen LogP contribution in [0.5, 0.6) is 0 Å². The summed E-state index contributed by atoms with van der Waals surface area (Å²) in [5.74, 6) is 2.66. The molecule has 0 amide bonds. The van der Waals surface area contributed by atoms with E-state index in [1.165, 1.54) is 0 Å². The third-order valence-electron chi connectivity index (χ3n) is 4.24. The van der Waals surface area contributed by atoms with Gasteiger partial charge in [0.1, 0.15) is 23.2 Å². The molecule has 2 heteroatoms. The van der Waals surface area contributed by atoms with E-state index in [1.54, 1.807) is 6.26 Å². The van der Waals surface area contributed by atoms with E-state index in [0.29, 0.717) is 0 Å². The van der Waals surface area contributed by atoms with E-state index in [2.05, 4.69) is 37.3 Å². The van der Waals surface area contributed by atoms with Gasteiger partial charge in [-0.3, -0.25) is 0 Å². The van der Waals surface area contributed by atoms with E-state index < -0.39 is 0 Å². The van der Waals surface area contributed by atoms with E-state index in [9.17, 15) is 0 Å². The van der Waals surface area contributed by atoms with Crippen LogP contribution in [0.15, 0.2) is 94.0 Å². The molecule has 2 aromatic heterocycles. The van der Waals surface area contributed by atoms with Gasteiger partial charge in [0.2, 0.25) is 0 Å². The van der Waals surface area contributed by atoms with Gasteiger partial charge in [-0.25, -0.2) is 0 Å². The van der Waals surface area contributed by atoms with Gasteiger partial charge in [0, 0.05) is 5.56 Å². The molecule has 0 aliphatic rings. The molecule has 4 aromatic rings. The van der Waals surface area contributed by atoms with Crippen molar-refractivity contribution in [3.8, 4) is 11.3 Å².